The van der Waals surface area contributed by atoms with E-state index in [1.54, 1.807) is 24.7 Å². The van der Waals surface area contributed by atoms with E-state index in [0.29, 0.717) is 24.8 Å². The zero-order valence-electron chi connectivity index (χ0n) is 13.1. The summed E-state index contributed by atoms with van der Waals surface area (Å²) < 4.78 is 5.96. The van der Waals surface area contributed by atoms with E-state index in [9.17, 15) is 4.79 Å². The van der Waals surface area contributed by atoms with Crippen molar-refractivity contribution in [2.24, 2.45) is 0 Å². The number of amides is 1. The maximum atomic E-state index is 12.4. The molecular weight excluding hydrogens is 308 g/mol. The van der Waals surface area contributed by atoms with E-state index < -0.39 is 0 Å². The van der Waals surface area contributed by atoms with Gasteiger partial charge in [-0.2, -0.15) is 0 Å². The minimum atomic E-state index is -0.239. The van der Waals surface area contributed by atoms with Crippen molar-refractivity contribution < 1.29 is 9.53 Å². The molecular formula is C16H18N6O2. The number of hydrogen-bond acceptors (Lipinski definition) is 7. The lowest BCUT2D eigenvalue weighted by molar-refractivity contribution is 0.000590. The molecule has 24 heavy (non-hydrogen) atoms. The number of ether oxygens (including phenoxy) is 1. The van der Waals surface area contributed by atoms with Gasteiger partial charge in [0.2, 0.25) is 5.95 Å². The summed E-state index contributed by atoms with van der Waals surface area (Å²) in [4.78, 5) is 31.2. The highest BCUT2D eigenvalue weighted by molar-refractivity contribution is 5.92. The molecule has 2 saturated heterocycles. The highest BCUT2D eigenvalue weighted by Crippen LogP contribution is 2.31. The number of nitrogens with zero attached hydrogens (tertiary/aromatic N) is 5. The second-order valence-corrected chi connectivity index (χ2v) is 5.92. The van der Waals surface area contributed by atoms with E-state index in [0.717, 1.165) is 12.8 Å². The van der Waals surface area contributed by atoms with Gasteiger partial charge in [-0.15, -0.1) is 0 Å². The van der Waals surface area contributed by atoms with Crippen molar-refractivity contribution in [3.05, 3.63) is 42.7 Å². The molecule has 0 unspecified atom stereocenters. The van der Waals surface area contributed by atoms with Gasteiger partial charge in [0.15, 0.2) is 0 Å². The second kappa shape index (κ2) is 6.48. The minimum Gasteiger partial charge on any atom is -0.374 e. The quantitative estimate of drug-likeness (QED) is 0.874. The average molecular weight is 326 g/mol. The Labute approximate surface area is 139 Å². The third-order valence-corrected chi connectivity index (χ3v) is 4.45. The Hall–Kier alpha value is -2.61. The van der Waals surface area contributed by atoms with Crippen LogP contribution >= 0.6 is 0 Å². The van der Waals surface area contributed by atoms with Gasteiger partial charge in [0.1, 0.15) is 5.69 Å². The van der Waals surface area contributed by atoms with Gasteiger partial charge in [-0.05, 0) is 18.9 Å². The molecule has 0 bridgehead atoms. The van der Waals surface area contributed by atoms with Gasteiger partial charge in [0, 0.05) is 37.9 Å². The van der Waals surface area contributed by atoms with Crippen molar-refractivity contribution >= 4 is 11.9 Å². The van der Waals surface area contributed by atoms with Crippen LogP contribution in [0.15, 0.2) is 37.1 Å². The largest absolute Gasteiger partial charge is 0.374 e. The Morgan fingerprint density at radius 1 is 1.21 bits per heavy atom. The molecule has 0 aliphatic carbocycles. The number of rotatable bonds is 3. The van der Waals surface area contributed by atoms with Gasteiger partial charge in [0.25, 0.3) is 5.91 Å². The minimum absolute atomic E-state index is 0.0665. The monoisotopic (exact) mass is 326 g/mol. The smallest absolute Gasteiger partial charge is 0.271 e. The second-order valence-electron chi connectivity index (χ2n) is 5.92. The predicted molar refractivity (Wildman–Crippen MR) is 85.4 cm³/mol. The molecule has 8 nitrogen and oxygen atoms in total. The molecule has 0 spiro atoms. The number of anilines is 1. The van der Waals surface area contributed by atoms with Gasteiger partial charge >= 0.3 is 0 Å². The zero-order valence-corrected chi connectivity index (χ0v) is 13.1. The summed E-state index contributed by atoms with van der Waals surface area (Å²) >= 11 is 0. The van der Waals surface area contributed by atoms with E-state index in [4.69, 9.17) is 4.74 Å². The molecule has 4 heterocycles. The Bertz CT molecular complexity index is 698. The van der Waals surface area contributed by atoms with Gasteiger partial charge in [-0.3, -0.25) is 9.78 Å². The van der Waals surface area contributed by atoms with Gasteiger partial charge in [0.05, 0.1) is 24.4 Å². The third kappa shape index (κ3) is 2.80. The number of nitrogens with one attached hydrogen (secondary N) is 1. The summed E-state index contributed by atoms with van der Waals surface area (Å²) in [6, 6.07) is 1.84. The van der Waals surface area contributed by atoms with Crippen LogP contribution in [0.5, 0.6) is 0 Å². The highest BCUT2D eigenvalue weighted by atomic mass is 16.5. The first kappa shape index (κ1) is 14.9. The van der Waals surface area contributed by atoms with Crippen LogP contribution in [0.3, 0.4) is 0 Å². The summed E-state index contributed by atoms with van der Waals surface area (Å²) in [5.74, 6) is 0.436. The van der Waals surface area contributed by atoms with Crippen molar-refractivity contribution in [2.45, 2.75) is 31.0 Å². The first-order valence-electron chi connectivity index (χ1n) is 8.05. The van der Waals surface area contributed by atoms with Crippen LogP contribution in [0.4, 0.5) is 5.95 Å². The topological polar surface area (TPSA) is 93.1 Å². The molecule has 4 rings (SSSR count). The molecule has 8 heteroatoms. The Morgan fingerprint density at radius 3 is 2.88 bits per heavy atom. The van der Waals surface area contributed by atoms with Crippen molar-refractivity contribution in [1.29, 1.82) is 0 Å². The molecule has 2 fully saturated rings. The van der Waals surface area contributed by atoms with E-state index in [2.05, 4.69) is 30.2 Å². The van der Waals surface area contributed by atoms with Crippen molar-refractivity contribution in [2.75, 3.05) is 18.1 Å². The molecule has 124 valence electrons. The predicted octanol–water partition coefficient (Wildman–Crippen LogP) is 0.433. The number of fused-ring (bicyclic) bond motifs is 1. The molecule has 2 aromatic rings. The zero-order chi connectivity index (χ0) is 16.4. The van der Waals surface area contributed by atoms with Crippen LogP contribution in [0.1, 0.15) is 23.3 Å². The molecule has 3 atom stereocenters. The van der Waals surface area contributed by atoms with Gasteiger partial charge in [-0.25, -0.2) is 15.0 Å². The molecule has 1 amide bonds. The lowest BCUT2D eigenvalue weighted by Crippen LogP contribution is -2.47. The lowest BCUT2D eigenvalue weighted by Gasteiger charge is -2.32. The van der Waals surface area contributed by atoms with E-state index in [1.165, 1.54) is 12.4 Å². The van der Waals surface area contributed by atoms with E-state index in [1.807, 2.05) is 0 Å². The van der Waals surface area contributed by atoms with Crippen LogP contribution in [-0.2, 0) is 4.74 Å². The third-order valence-electron chi connectivity index (χ3n) is 4.45. The van der Waals surface area contributed by atoms with Crippen LogP contribution in [-0.4, -0.2) is 57.2 Å². The summed E-state index contributed by atoms with van der Waals surface area (Å²) in [6.45, 7) is 1.33. The summed E-state index contributed by atoms with van der Waals surface area (Å²) in [5.41, 5.74) is 0.305. The van der Waals surface area contributed by atoms with Crippen molar-refractivity contribution in [1.82, 2.24) is 25.3 Å². The summed E-state index contributed by atoms with van der Waals surface area (Å²) in [5, 5.41) is 3.03. The van der Waals surface area contributed by atoms with Crippen molar-refractivity contribution in [3.8, 4) is 0 Å². The fraction of sp³-hybridized carbons (Fsp3) is 0.438. The summed E-state index contributed by atoms with van der Waals surface area (Å²) in [6.07, 6.45) is 9.90. The van der Waals surface area contributed by atoms with Crippen molar-refractivity contribution in [3.63, 3.8) is 0 Å². The maximum absolute atomic E-state index is 12.4. The SMILES string of the molecule is O=C(N[C@@H]1CN(c2ncccn2)[C@@H]2CCCO[C@@H]21)c1cnccn1. The number of aromatic nitrogens is 4. The number of carbonyl (C=O) groups excluding carboxylic acids is 1. The molecule has 2 aliphatic rings. The Balaban J connectivity index is 1.54. The summed E-state index contributed by atoms with van der Waals surface area (Å²) in [7, 11) is 0. The Morgan fingerprint density at radius 2 is 2.08 bits per heavy atom. The fourth-order valence-electron chi connectivity index (χ4n) is 3.41. The Kier molecular flexibility index (Phi) is 4.04. The van der Waals surface area contributed by atoms with E-state index in [-0.39, 0.29) is 24.1 Å². The van der Waals surface area contributed by atoms with E-state index >= 15 is 0 Å². The van der Waals surface area contributed by atoms with Crippen LogP contribution in [0, 0.1) is 0 Å². The molecule has 0 radical (unpaired) electrons. The molecule has 2 aromatic heterocycles. The molecule has 0 saturated carbocycles. The van der Waals surface area contributed by atoms with Gasteiger partial charge < -0.3 is 15.0 Å². The van der Waals surface area contributed by atoms with Crippen LogP contribution in [0.2, 0.25) is 0 Å². The highest BCUT2D eigenvalue weighted by Gasteiger charge is 2.45. The van der Waals surface area contributed by atoms with Gasteiger partial charge in [-0.1, -0.05) is 0 Å². The molecule has 1 N–H and O–H groups in total. The maximum Gasteiger partial charge on any atom is 0.271 e. The first-order chi connectivity index (χ1) is 11.8. The lowest BCUT2D eigenvalue weighted by atomic mass is 10.0. The van der Waals surface area contributed by atoms with Crippen LogP contribution in [0.25, 0.3) is 0 Å². The number of hydrogen-bond donors (Lipinski definition) is 1. The average Bonchev–Trinajstić information content (AvgIpc) is 3.02. The fourth-order valence-corrected chi connectivity index (χ4v) is 3.41. The number of carbonyl (C=O) groups is 1. The molecule has 2 aliphatic heterocycles. The van der Waals surface area contributed by atoms with Crippen LogP contribution < -0.4 is 10.2 Å². The first-order valence-corrected chi connectivity index (χ1v) is 8.05. The normalized spacial score (nSPS) is 26.0. The standard InChI is InChI=1S/C16H18N6O2/c23-15(11-9-17-6-7-18-11)21-12-10-22(16-19-4-2-5-20-16)13-3-1-8-24-14(12)13/h2,4-7,9,12-14H,1,3,8,10H2,(H,21,23)/t12-,13-,14-/m1/s1. The molecule has 0 aromatic carbocycles.